The van der Waals surface area contributed by atoms with Gasteiger partial charge in [-0.05, 0) is 42.7 Å². The molecule has 2 aromatic rings. The highest BCUT2D eigenvalue weighted by Crippen LogP contribution is 2.20. The number of amides is 2. The minimum absolute atomic E-state index is 0.0106. The monoisotopic (exact) mass is 476 g/mol. The lowest BCUT2D eigenvalue weighted by molar-refractivity contribution is -0.140. The van der Waals surface area contributed by atoms with Crippen molar-refractivity contribution in [2.45, 2.75) is 44.7 Å². The molecular weight excluding hydrogens is 448 g/mol. The molecule has 0 saturated carbocycles. The molecule has 0 heterocycles. The minimum atomic E-state index is -0.522. The Morgan fingerprint density at radius 1 is 1.03 bits per heavy atom. The van der Waals surface area contributed by atoms with Crippen molar-refractivity contribution in [3.05, 3.63) is 64.6 Å². The molecular formula is C23H29BrN2O2S. The Morgan fingerprint density at radius 2 is 1.69 bits per heavy atom. The molecule has 0 aromatic heterocycles. The molecule has 0 bridgehead atoms. The topological polar surface area (TPSA) is 49.4 Å². The van der Waals surface area contributed by atoms with Crippen LogP contribution in [0.5, 0.6) is 0 Å². The predicted molar refractivity (Wildman–Crippen MR) is 124 cm³/mol. The van der Waals surface area contributed by atoms with Crippen LogP contribution in [0.1, 0.15) is 32.8 Å². The van der Waals surface area contributed by atoms with Gasteiger partial charge in [-0.2, -0.15) is 0 Å². The maximum absolute atomic E-state index is 13.0. The lowest BCUT2D eigenvalue weighted by Gasteiger charge is -2.29. The second kappa shape index (κ2) is 12.0. The van der Waals surface area contributed by atoms with E-state index >= 15 is 0 Å². The van der Waals surface area contributed by atoms with Gasteiger partial charge in [0, 0.05) is 34.6 Å². The van der Waals surface area contributed by atoms with Gasteiger partial charge in [-0.15, -0.1) is 11.8 Å². The van der Waals surface area contributed by atoms with E-state index in [1.54, 1.807) is 23.6 Å². The van der Waals surface area contributed by atoms with Gasteiger partial charge < -0.3 is 10.2 Å². The average Bonchev–Trinajstić information content (AvgIpc) is 2.71. The number of hydrogen-bond donors (Lipinski definition) is 1. The molecule has 2 rings (SSSR count). The third-order valence-electron chi connectivity index (χ3n) is 4.45. The number of rotatable bonds is 10. The Balaban J connectivity index is 2.04. The fraction of sp³-hybridized carbons (Fsp3) is 0.391. The van der Waals surface area contributed by atoms with Gasteiger partial charge in [0.25, 0.3) is 0 Å². The molecule has 6 heteroatoms. The highest BCUT2D eigenvalue weighted by atomic mass is 79.9. The molecule has 4 nitrogen and oxygen atoms in total. The van der Waals surface area contributed by atoms with Gasteiger partial charge in [0.05, 0.1) is 0 Å². The zero-order valence-corrected chi connectivity index (χ0v) is 19.6. The molecule has 2 aromatic carbocycles. The molecule has 0 aliphatic rings. The van der Waals surface area contributed by atoms with Crippen LogP contribution in [-0.2, 0) is 16.1 Å². The predicted octanol–water partition coefficient (Wildman–Crippen LogP) is 5.12. The van der Waals surface area contributed by atoms with Crippen LogP contribution < -0.4 is 5.32 Å². The maximum atomic E-state index is 13.0. The van der Waals surface area contributed by atoms with Crippen molar-refractivity contribution in [1.29, 1.82) is 0 Å². The lowest BCUT2D eigenvalue weighted by atomic mass is 10.1. The highest BCUT2D eigenvalue weighted by Gasteiger charge is 2.25. The molecule has 1 unspecified atom stereocenters. The summed E-state index contributed by atoms with van der Waals surface area (Å²) in [5.74, 6) is 0.924. The smallest absolute Gasteiger partial charge is 0.242 e. The Hall–Kier alpha value is -1.79. The quantitative estimate of drug-likeness (QED) is 0.484. The fourth-order valence-corrected chi connectivity index (χ4v) is 3.86. The standard InChI is InChI=1S/C23H29BrN2O2S/c1-17(2)15-25-23(28)18(3)26(16-19-9-11-20(24)12-10-19)22(27)13-14-29-21-7-5-4-6-8-21/h4-12,17-18H,13-16H2,1-3H3,(H,25,28). The highest BCUT2D eigenvalue weighted by molar-refractivity contribution is 9.10. The van der Waals surface area contributed by atoms with Crippen molar-refractivity contribution >= 4 is 39.5 Å². The molecule has 1 N–H and O–H groups in total. The Morgan fingerprint density at radius 3 is 2.31 bits per heavy atom. The Kier molecular flexibility index (Phi) is 9.74. The first-order valence-corrected chi connectivity index (χ1v) is 11.6. The number of benzene rings is 2. The lowest BCUT2D eigenvalue weighted by Crippen LogP contribution is -2.48. The molecule has 29 heavy (non-hydrogen) atoms. The van der Waals surface area contributed by atoms with E-state index in [4.69, 9.17) is 0 Å². The second-order valence-electron chi connectivity index (χ2n) is 7.37. The average molecular weight is 477 g/mol. The van der Waals surface area contributed by atoms with E-state index in [0.717, 1.165) is 14.9 Å². The van der Waals surface area contributed by atoms with Crippen LogP contribution in [0.4, 0.5) is 0 Å². The van der Waals surface area contributed by atoms with Crippen LogP contribution in [0, 0.1) is 5.92 Å². The van der Waals surface area contributed by atoms with Crippen molar-refractivity contribution in [1.82, 2.24) is 10.2 Å². The third kappa shape index (κ3) is 8.23. The molecule has 0 aliphatic carbocycles. The van der Waals surface area contributed by atoms with Gasteiger partial charge in [-0.3, -0.25) is 9.59 Å². The van der Waals surface area contributed by atoms with Gasteiger partial charge in [-0.25, -0.2) is 0 Å². The van der Waals surface area contributed by atoms with Crippen LogP contribution in [0.3, 0.4) is 0 Å². The molecule has 0 aliphatic heterocycles. The van der Waals surface area contributed by atoms with E-state index in [9.17, 15) is 9.59 Å². The van der Waals surface area contributed by atoms with Crippen molar-refractivity contribution in [3.8, 4) is 0 Å². The normalized spacial score (nSPS) is 11.9. The summed E-state index contributed by atoms with van der Waals surface area (Å²) in [6.45, 7) is 6.93. The van der Waals surface area contributed by atoms with Crippen molar-refractivity contribution in [2.75, 3.05) is 12.3 Å². The van der Waals surface area contributed by atoms with Crippen LogP contribution >= 0.6 is 27.7 Å². The van der Waals surface area contributed by atoms with Crippen LogP contribution in [0.2, 0.25) is 0 Å². The zero-order valence-electron chi connectivity index (χ0n) is 17.2. The number of thioether (sulfide) groups is 1. The summed E-state index contributed by atoms with van der Waals surface area (Å²) >= 11 is 5.09. The largest absolute Gasteiger partial charge is 0.354 e. The van der Waals surface area contributed by atoms with Gasteiger partial charge in [-0.1, -0.05) is 60.1 Å². The Labute approximate surface area is 186 Å². The number of carbonyl (C=O) groups is 2. The molecule has 156 valence electrons. The minimum Gasteiger partial charge on any atom is -0.354 e. The van der Waals surface area contributed by atoms with Crippen molar-refractivity contribution < 1.29 is 9.59 Å². The summed E-state index contributed by atoms with van der Waals surface area (Å²) < 4.78 is 0.987. The first-order valence-electron chi connectivity index (χ1n) is 9.86. The van der Waals surface area contributed by atoms with Crippen molar-refractivity contribution in [2.24, 2.45) is 5.92 Å². The number of hydrogen-bond acceptors (Lipinski definition) is 3. The van der Waals surface area contributed by atoms with E-state index in [1.165, 1.54) is 0 Å². The fourth-order valence-electron chi connectivity index (χ4n) is 2.74. The number of carbonyl (C=O) groups excluding carboxylic acids is 2. The van der Waals surface area contributed by atoms with E-state index in [-0.39, 0.29) is 11.8 Å². The summed E-state index contributed by atoms with van der Waals surface area (Å²) in [5, 5.41) is 2.95. The van der Waals surface area contributed by atoms with Gasteiger partial charge in [0.2, 0.25) is 11.8 Å². The van der Waals surface area contributed by atoms with Crippen LogP contribution in [0.25, 0.3) is 0 Å². The molecule has 0 radical (unpaired) electrons. The van der Waals surface area contributed by atoms with Gasteiger partial charge >= 0.3 is 0 Å². The van der Waals surface area contributed by atoms with Gasteiger partial charge in [0.15, 0.2) is 0 Å². The first-order chi connectivity index (χ1) is 13.9. The third-order valence-corrected chi connectivity index (χ3v) is 5.99. The summed E-state index contributed by atoms with van der Waals surface area (Å²) in [7, 11) is 0. The van der Waals surface area contributed by atoms with Crippen LogP contribution in [-0.4, -0.2) is 35.1 Å². The molecule has 0 spiro atoms. The maximum Gasteiger partial charge on any atom is 0.242 e. The molecule has 0 saturated heterocycles. The van der Waals surface area contributed by atoms with E-state index < -0.39 is 6.04 Å². The van der Waals surface area contributed by atoms with E-state index in [0.29, 0.717) is 31.2 Å². The molecule has 0 fully saturated rings. The van der Waals surface area contributed by atoms with Gasteiger partial charge in [0.1, 0.15) is 6.04 Å². The second-order valence-corrected chi connectivity index (χ2v) is 9.46. The number of nitrogens with one attached hydrogen (secondary N) is 1. The number of halogens is 1. The summed E-state index contributed by atoms with van der Waals surface area (Å²) in [4.78, 5) is 28.5. The first kappa shape index (κ1) is 23.5. The van der Waals surface area contributed by atoms with Crippen molar-refractivity contribution in [3.63, 3.8) is 0 Å². The SMILES string of the molecule is CC(C)CNC(=O)C(C)N(Cc1ccc(Br)cc1)C(=O)CCSc1ccccc1. The van der Waals surface area contributed by atoms with E-state index in [2.05, 4.69) is 35.1 Å². The van der Waals surface area contributed by atoms with Crippen LogP contribution in [0.15, 0.2) is 64.0 Å². The summed E-state index contributed by atoms with van der Waals surface area (Å²) in [6.07, 6.45) is 0.387. The van der Waals surface area contributed by atoms with E-state index in [1.807, 2.05) is 54.6 Å². The zero-order chi connectivity index (χ0) is 21.2. The Bertz CT molecular complexity index is 781. The number of nitrogens with zero attached hydrogens (tertiary/aromatic N) is 1. The molecule has 1 atom stereocenters. The summed E-state index contributed by atoms with van der Waals surface area (Å²) in [6, 6.07) is 17.4. The molecule has 2 amide bonds. The summed E-state index contributed by atoms with van der Waals surface area (Å²) in [5.41, 5.74) is 1.00.